The summed E-state index contributed by atoms with van der Waals surface area (Å²) in [6.45, 7) is 5.82. The molecular formula is C38H39F3N6O6. The molecule has 1 N–H and O–H groups in total. The molecule has 15 heteroatoms. The van der Waals surface area contributed by atoms with Gasteiger partial charge in [-0.05, 0) is 61.7 Å². The van der Waals surface area contributed by atoms with Gasteiger partial charge in [0.1, 0.15) is 17.9 Å². The highest BCUT2D eigenvalue weighted by Gasteiger charge is 2.41. The van der Waals surface area contributed by atoms with Crippen LogP contribution in [0.4, 0.5) is 18.9 Å². The largest absolute Gasteiger partial charge is 0.461 e. The van der Waals surface area contributed by atoms with E-state index in [1.807, 2.05) is 6.92 Å². The number of morpholine rings is 1. The number of alkyl halides is 2. The molecule has 278 valence electrons. The summed E-state index contributed by atoms with van der Waals surface area (Å²) in [7, 11) is 1.53. The molecule has 6 rings (SSSR count). The molecule has 0 spiro atoms. The third-order valence-electron chi connectivity index (χ3n) is 9.60. The highest BCUT2D eigenvalue weighted by molar-refractivity contribution is 5.99. The van der Waals surface area contributed by atoms with Gasteiger partial charge in [0.2, 0.25) is 0 Å². The molecule has 4 heterocycles. The number of aromatic nitrogens is 4. The average Bonchev–Trinajstić information content (AvgIpc) is 3.13. The zero-order chi connectivity index (χ0) is 38.2. The second-order valence-electron chi connectivity index (χ2n) is 13.3. The van der Waals surface area contributed by atoms with E-state index in [4.69, 9.17) is 9.47 Å². The number of halogens is 3. The minimum absolute atomic E-state index is 0.102. The molecule has 12 nitrogen and oxygen atoms in total. The number of carbonyl (C=O) groups excluding carboxylic acids is 2. The molecule has 1 fully saturated rings. The van der Waals surface area contributed by atoms with Crippen LogP contribution in [-0.2, 0) is 27.7 Å². The Balaban J connectivity index is 1.37. The minimum atomic E-state index is -3.14. The van der Waals surface area contributed by atoms with Gasteiger partial charge in [0.25, 0.3) is 17.4 Å². The van der Waals surface area contributed by atoms with Crippen LogP contribution in [0, 0.1) is 12.7 Å². The van der Waals surface area contributed by atoms with Crippen LogP contribution in [0.3, 0.4) is 0 Å². The van der Waals surface area contributed by atoms with Crippen LogP contribution in [0.2, 0.25) is 0 Å². The zero-order valence-corrected chi connectivity index (χ0v) is 29.9. The van der Waals surface area contributed by atoms with E-state index in [1.165, 1.54) is 54.2 Å². The molecule has 1 aliphatic heterocycles. The summed E-state index contributed by atoms with van der Waals surface area (Å²) in [6, 6.07) is 7.91. The van der Waals surface area contributed by atoms with Crippen LogP contribution in [0.1, 0.15) is 48.7 Å². The lowest BCUT2D eigenvalue weighted by molar-refractivity contribution is -0.150. The number of hydrogen-bond acceptors (Lipinski definition) is 9. The number of benzene rings is 2. The fourth-order valence-electron chi connectivity index (χ4n) is 6.60. The van der Waals surface area contributed by atoms with Crippen LogP contribution in [0.15, 0.2) is 70.6 Å². The second kappa shape index (κ2) is 14.8. The smallest absolute Gasteiger partial charge is 0.335 e. The summed E-state index contributed by atoms with van der Waals surface area (Å²) in [5.41, 5.74) is 0.184. The standard InChI is InChI=1S/C38H39F3N6O6/c1-6-22(3)53-36(50)28(44-34(48)32-21(2)16-24(18-27(32)39)46-14-15-52-20-31(46)38(4,40)41)17-23-9-10-29(33-25(23)8-7-12-43-33)47-35(49)26-11-13-42-19-30(26)45(5)37(47)51/h7-13,16,18-19,22,28,31H,6,14-15,17,20H2,1-5H3,(H,44,48)/t22-,28-,31+/m0/s1. The highest BCUT2D eigenvalue weighted by Crippen LogP contribution is 2.32. The van der Waals surface area contributed by atoms with Gasteiger partial charge in [-0.1, -0.05) is 19.1 Å². The molecule has 3 atom stereocenters. The van der Waals surface area contributed by atoms with Crippen molar-refractivity contribution < 1.29 is 32.2 Å². The van der Waals surface area contributed by atoms with Crippen LogP contribution >= 0.6 is 0 Å². The van der Waals surface area contributed by atoms with Gasteiger partial charge in [-0.3, -0.25) is 24.1 Å². The van der Waals surface area contributed by atoms with E-state index in [0.29, 0.717) is 22.9 Å². The summed E-state index contributed by atoms with van der Waals surface area (Å²) >= 11 is 0. The number of anilines is 1. The van der Waals surface area contributed by atoms with E-state index in [1.54, 1.807) is 31.2 Å². The Bertz CT molecular complexity index is 2320. The van der Waals surface area contributed by atoms with E-state index < -0.39 is 53.1 Å². The number of fused-ring (bicyclic) bond motifs is 2. The molecule has 0 saturated carbocycles. The summed E-state index contributed by atoms with van der Waals surface area (Å²) < 4.78 is 57.9. The molecule has 1 amide bonds. The van der Waals surface area contributed by atoms with Gasteiger partial charge in [-0.25, -0.2) is 27.3 Å². The monoisotopic (exact) mass is 732 g/mol. The number of carbonyl (C=O) groups is 2. The number of amides is 1. The van der Waals surface area contributed by atoms with E-state index in [0.717, 1.165) is 17.6 Å². The van der Waals surface area contributed by atoms with Crippen molar-refractivity contribution >= 4 is 39.4 Å². The van der Waals surface area contributed by atoms with Gasteiger partial charge in [-0.15, -0.1) is 0 Å². The molecule has 1 saturated heterocycles. The van der Waals surface area contributed by atoms with Crippen LogP contribution in [-0.4, -0.2) is 74.8 Å². The molecule has 3 aromatic heterocycles. The number of hydrogen-bond donors (Lipinski definition) is 1. The number of nitrogens with one attached hydrogen (secondary N) is 1. The quantitative estimate of drug-likeness (QED) is 0.204. The normalized spacial score (nSPS) is 16.1. The highest BCUT2D eigenvalue weighted by atomic mass is 19.3. The van der Waals surface area contributed by atoms with Crippen molar-refractivity contribution in [2.45, 2.75) is 64.6 Å². The van der Waals surface area contributed by atoms with Gasteiger partial charge >= 0.3 is 11.7 Å². The number of ether oxygens (including phenoxy) is 2. The Morgan fingerprint density at radius 2 is 1.91 bits per heavy atom. The Morgan fingerprint density at radius 1 is 1.13 bits per heavy atom. The molecular weight excluding hydrogens is 693 g/mol. The van der Waals surface area contributed by atoms with Crippen molar-refractivity contribution in [3.05, 3.63) is 104 Å². The van der Waals surface area contributed by atoms with Crippen molar-refractivity contribution in [3.8, 4) is 5.69 Å². The van der Waals surface area contributed by atoms with E-state index in [2.05, 4.69) is 15.3 Å². The Kier molecular flexibility index (Phi) is 10.4. The first-order valence-electron chi connectivity index (χ1n) is 17.2. The SMILES string of the molecule is CC[C@H](C)OC(=O)[C@H](Cc1ccc(-n2c(=O)c3ccncc3n(C)c2=O)c2ncccc12)NC(=O)c1c(C)cc(N2CCOC[C@@H]2C(C)(F)F)cc1F. The third kappa shape index (κ3) is 7.25. The fraction of sp³-hybridized carbons (Fsp3) is 0.368. The van der Waals surface area contributed by atoms with Crippen LogP contribution < -0.4 is 21.5 Å². The van der Waals surface area contributed by atoms with Gasteiger partial charge < -0.3 is 19.7 Å². The molecule has 2 aromatic carbocycles. The predicted molar refractivity (Wildman–Crippen MR) is 192 cm³/mol. The van der Waals surface area contributed by atoms with Crippen LogP contribution in [0.25, 0.3) is 27.5 Å². The lowest BCUT2D eigenvalue weighted by atomic mass is 9.98. The minimum Gasteiger partial charge on any atom is -0.461 e. The molecule has 0 bridgehead atoms. The third-order valence-corrected chi connectivity index (χ3v) is 9.60. The van der Waals surface area contributed by atoms with Crippen molar-refractivity contribution in [1.82, 2.24) is 24.4 Å². The summed E-state index contributed by atoms with van der Waals surface area (Å²) in [4.78, 5) is 64.4. The topological polar surface area (TPSA) is 138 Å². The van der Waals surface area contributed by atoms with Crippen molar-refractivity contribution in [2.75, 3.05) is 24.7 Å². The van der Waals surface area contributed by atoms with Gasteiger partial charge in [0, 0.05) is 50.4 Å². The van der Waals surface area contributed by atoms with Gasteiger partial charge in [0.05, 0.1) is 53.2 Å². The van der Waals surface area contributed by atoms with Crippen molar-refractivity contribution in [2.24, 2.45) is 7.05 Å². The first-order chi connectivity index (χ1) is 25.2. The number of aryl methyl sites for hydroxylation is 2. The van der Waals surface area contributed by atoms with Crippen LogP contribution in [0.5, 0.6) is 0 Å². The summed E-state index contributed by atoms with van der Waals surface area (Å²) in [5, 5.41) is 3.40. The van der Waals surface area contributed by atoms with Crippen molar-refractivity contribution in [1.29, 1.82) is 0 Å². The maximum absolute atomic E-state index is 15.8. The molecule has 0 unspecified atom stereocenters. The fourth-order valence-corrected chi connectivity index (χ4v) is 6.60. The molecule has 5 aromatic rings. The first-order valence-corrected chi connectivity index (χ1v) is 17.2. The maximum Gasteiger partial charge on any atom is 0.335 e. The number of rotatable bonds is 10. The maximum atomic E-state index is 15.8. The Labute approximate surface area is 302 Å². The first kappa shape index (κ1) is 37.2. The van der Waals surface area contributed by atoms with E-state index in [-0.39, 0.29) is 59.6 Å². The molecule has 1 aliphatic rings. The molecule has 0 radical (unpaired) electrons. The number of esters is 1. The van der Waals surface area contributed by atoms with Gasteiger partial charge in [-0.2, -0.15) is 0 Å². The lowest BCUT2D eigenvalue weighted by Gasteiger charge is -2.40. The number of nitrogens with zero attached hydrogens (tertiary/aromatic N) is 5. The second-order valence-corrected chi connectivity index (χ2v) is 13.3. The Hall–Kier alpha value is -5.57. The molecule has 0 aliphatic carbocycles. The zero-order valence-electron chi connectivity index (χ0n) is 29.9. The van der Waals surface area contributed by atoms with E-state index in [9.17, 15) is 28.0 Å². The molecule has 53 heavy (non-hydrogen) atoms. The predicted octanol–water partition coefficient (Wildman–Crippen LogP) is 4.62. The average molecular weight is 733 g/mol. The van der Waals surface area contributed by atoms with Gasteiger partial charge in [0.15, 0.2) is 0 Å². The Morgan fingerprint density at radius 3 is 2.62 bits per heavy atom. The summed E-state index contributed by atoms with van der Waals surface area (Å²) in [5.74, 6) is -5.76. The number of pyridine rings is 2. The van der Waals surface area contributed by atoms with E-state index >= 15 is 4.39 Å². The summed E-state index contributed by atoms with van der Waals surface area (Å²) in [6.07, 6.45) is 4.27. The van der Waals surface area contributed by atoms with Crippen molar-refractivity contribution in [3.63, 3.8) is 0 Å². The lowest BCUT2D eigenvalue weighted by Crippen LogP contribution is -2.54.